The number of benzene rings is 2. The quantitative estimate of drug-likeness (QED) is 0.362. The summed E-state index contributed by atoms with van der Waals surface area (Å²) in [5.74, 6) is -0.196. The molecule has 0 bridgehead atoms. The SMILES string of the molecule is CCCCN(CC)S(=O)(=O)c1ccc(C(=O)N(CCN(C)C)c2nc3ccccc3s2)cc1.Cl. The van der Waals surface area contributed by atoms with Crippen LogP contribution >= 0.6 is 23.7 Å². The van der Waals surface area contributed by atoms with E-state index in [4.69, 9.17) is 0 Å². The Morgan fingerprint density at radius 1 is 0.971 bits per heavy atom. The molecular formula is C24H33ClN4O3S2. The minimum atomic E-state index is -3.59. The lowest BCUT2D eigenvalue weighted by Gasteiger charge is -2.23. The lowest BCUT2D eigenvalue weighted by atomic mass is 10.2. The molecule has 10 heteroatoms. The van der Waals surface area contributed by atoms with Crippen molar-refractivity contribution in [2.45, 2.75) is 31.6 Å². The average molecular weight is 525 g/mol. The number of hydrogen-bond acceptors (Lipinski definition) is 6. The second-order valence-electron chi connectivity index (χ2n) is 8.10. The Hall–Kier alpha value is -2.04. The lowest BCUT2D eigenvalue weighted by molar-refractivity contribution is 0.0985. The molecule has 0 saturated heterocycles. The van der Waals surface area contributed by atoms with Gasteiger partial charge in [0.25, 0.3) is 5.91 Å². The Bertz CT molecular complexity index is 1150. The van der Waals surface area contributed by atoms with Gasteiger partial charge >= 0.3 is 0 Å². The summed E-state index contributed by atoms with van der Waals surface area (Å²) in [6.07, 6.45) is 1.74. The van der Waals surface area contributed by atoms with E-state index in [1.807, 2.05) is 57.1 Å². The van der Waals surface area contributed by atoms with Gasteiger partial charge in [-0.05, 0) is 56.9 Å². The van der Waals surface area contributed by atoms with Crippen molar-refractivity contribution in [1.29, 1.82) is 0 Å². The molecule has 0 aliphatic carbocycles. The summed E-state index contributed by atoms with van der Waals surface area (Å²) in [6, 6.07) is 14.0. The van der Waals surface area contributed by atoms with E-state index in [1.54, 1.807) is 17.0 Å². The van der Waals surface area contributed by atoms with E-state index in [1.165, 1.54) is 27.8 Å². The molecule has 1 amide bonds. The number of carbonyl (C=O) groups is 1. The largest absolute Gasteiger partial charge is 0.308 e. The zero-order valence-corrected chi connectivity index (χ0v) is 22.5. The van der Waals surface area contributed by atoms with Crippen molar-refractivity contribution in [3.8, 4) is 0 Å². The highest BCUT2D eigenvalue weighted by Crippen LogP contribution is 2.29. The summed E-state index contributed by atoms with van der Waals surface area (Å²) >= 11 is 1.47. The maximum atomic E-state index is 13.4. The number of amides is 1. The topological polar surface area (TPSA) is 73.8 Å². The van der Waals surface area contributed by atoms with Crippen molar-refractivity contribution in [1.82, 2.24) is 14.2 Å². The molecule has 0 saturated carbocycles. The van der Waals surface area contributed by atoms with E-state index in [0.29, 0.717) is 36.9 Å². The van der Waals surface area contributed by atoms with Crippen LogP contribution in [0.15, 0.2) is 53.4 Å². The molecule has 186 valence electrons. The molecular weight excluding hydrogens is 492 g/mol. The van der Waals surface area contributed by atoms with Crippen LogP contribution < -0.4 is 4.90 Å². The molecule has 1 aromatic heterocycles. The molecule has 0 N–H and O–H groups in total. The fraction of sp³-hybridized carbons (Fsp3) is 0.417. The van der Waals surface area contributed by atoms with Gasteiger partial charge in [0.1, 0.15) is 0 Å². The van der Waals surface area contributed by atoms with Crippen LogP contribution in [0, 0.1) is 0 Å². The molecule has 1 heterocycles. The van der Waals surface area contributed by atoms with E-state index >= 15 is 0 Å². The Balaban J connectivity index is 0.00000408. The van der Waals surface area contributed by atoms with Crippen LogP contribution in [-0.4, -0.2) is 68.8 Å². The van der Waals surface area contributed by atoms with Gasteiger partial charge in [0.2, 0.25) is 10.0 Å². The maximum absolute atomic E-state index is 13.4. The number of nitrogens with zero attached hydrogens (tertiary/aromatic N) is 4. The average Bonchev–Trinajstić information content (AvgIpc) is 3.23. The number of rotatable bonds is 11. The summed E-state index contributed by atoms with van der Waals surface area (Å²) < 4.78 is 28.5. The van der Waals surface area contributed by atoms with Gasteiger partial charge in [-0.15, -0.1) is 12.4 Å². The molecule has 0 atom stereocenters. The second-order valence-corrected chi connectivity index (χ2v) is 11.0. The number of unbranched alkanes of at least 4 members (excludes halogenated alkanes) is 1. The zero-order valence-electron chi connectivity index (χ0n) is 20.1. The molecule has 3 aromatic rings. The summed E-state index contributed by atoms with van der Waals surface area (Å²) in [6.45, 7) is 5.94. The van der Waals surface area contributed by atoms with Crippen LogP contribution in [0.5, 0.6) is 0 Å². The van der Waals surface area contributed by atoms with Crippen LogP contribution in [0.3, 0.4) is 0 Å². The second kappa shape index (κ2) is 12.6. The molecule has 0 aliphatic heterocycles. The van der Waals surface area contributed by atoms with E-state index in [0.717, 1.165) is 23.1 Å². The van der Waals surface area contributed by atoms with Gasteiger partial charge in [-0.3, -0.25) is 9.69 Å². The fourth-order valence-corrected chi connectivity index (χ4v) is 5.89. The third-order valence-corrected chi connectivity index (χ3v) is 8.43. The van der Waals surface area contributed by atoms with Gasteiger partial charge in [0, 0.05) is 31.7 Å². The molecule has 0 unspecified atom stereocenters. The molecule has 0 aliphatic rings. The van der Waals surface area contributed by atoms with Crippen molar-refractivity contribution < 1.29 is 13.2 Å². The molecule has 0 fully saturated rings. The lowest BCUT2D eigenvalue weighted by Crippen LogP contribution is -2.36. The van der Waals surface area contributed by atoms with Crippen LogP contribution in [0.25, 0.3) is 10.2 Å². The minimum Gasteiger partial charge on any atom is -0.308 e. The van der Waals surface area contributed by atoms with Crippen molar-refractivity contribution >= 4 is 55.0 Å². The van der Waals surface area contributed by atoms with Gasteiger partial charge in [0.15, 0.2) is 5.13 Å². The van der Waals surface area contributed by atoms with Gasteiger partial charge in [-0.25, -0.2) is 13.4 Å². The summed E-state index contributed by atoms with van der Waals surface area (Å²) in [5.41, 5.74) is 1.29. The zero-order chi connectivity index (χ0) is 24.0. The Morgan fingerprint density at radius 3 is 2.24 bits per heavy atom. The molecule has 7 nitrogen and oxygen atoms in total. The predicted octanol–water partition coefficient (Wildman–Crippen LogP) is 4.74. The van der Waals surface area contributed by atoms with Gasteiger partial charge in [-0.1, -0.05) is 43.7 Å². The highest BCUT2D eigenvalue weighted by atomic mass is 35.5. The Morgan fingerprint density at radius 2 is 1.65 bits per heavy atom. The van der Waals surface area contributed by atoms with Crippen LogP contribution in [-0.2, 0) is 10.0 Å². The van der Waals surface area contributed by atoms with Crippen LogP contribution in [0.4, 0.5) is 5.13 Å². The number of para-hydroxylation sites is 1. The van der Waals surface area contributed by atoms with E-state index in [-0.39, 0.29) is 23.2 Å². The molecule has 34 heavy (non-hydrogen) atoms. The number of likely N-dealkylation sites (N-methyl/N-ethyl adjacent to an activating group) is 1. The smallest absolute Gasteiger partial charge is 0.260 e. The Kier molecular flexibility index (Phi) is 10.5. The van der Waals surface area contributed by atoms with E-state index < -0.39 is 10.0 Å². The highest BCUT2D eigenvalue weighted by Gasteiger charge is 2.25. The first-order valence-electron chi connectivity index (χ1n) is 11.2. The van der Waals surface area contributed by atoms with Gasteiger partial charge in [0.05, 0.1) is 15.1 Å². The van der Waals surface area contributed by atoms with Crippen LogP contribution in [0.1, 0.15) is 37.0 Å². The summed E-state index contributed by atoms with van der Waals surface area (Å²) in [5, 5.41) is 0.636. The van der Waals surface area contributed by atoms with E-state index in [9.17, 15) is 13.2 Å². The number of fused-ring (bicyclic) bond motifs is 1. The van der Waals surface area contributed by atoms with Crippen molar-refractivity contribution in [3.63, 3.8) is 0 Å². The number of aromatic nitrogens is 1. The number of halogens is 1. The number of hydrogen-bond donors (Lipinski definition) is 0. The number of anilines is 1. The number of carbonyl (C=O) groups excluding carboxylic acids is 1. The Labute approximate surface area is 212 Å². The highest BCUT2D eigenvalue weighted by molar-refractivity contribution is 7.89. The van der Waals surface area contributed by atoms with Crippen molar-refractivity contribution in [2.24, 2.45) is 0 Å². The molecule has 0 radical (unpaired) electrons. The molecule has 0 spiro atoms. The van der Waals surface area contributed by atoms with Crippen molar-refractivity contribution in [3.05, 3.63) is 54.1 Å². The monoisotopic (exact) mass is 524 g/mol. The number of sulfonamides is 1. The first kappa shape index (κ1) is 28.2. The van der Waals surface area contributed by atoms with Gasteiger partial charge < -0.3 is 4.90 Å². The maximum Gasteiger partial charge on any atom is 0.260 e. The number of thiazole rings is 1. The summed E-state index contributed by atoms with van der Waals surface area (Å²) in [4.78, 5) is 22.0. The van der Waals surface area contributed by atoms with Crippen molar-refractivity contribution in [2.75, 3.05) is 45.2 Å². The molecule has 3 rings (SSSR count). The normalized spacial score (nSPS) is 11.7. The molecule has 2 aromatic carbocycles. The third kappa shape index (κ3) is 6.55. The van der Waals surface area contributed by atoms with Gasteiger partial charge in [-0.2, -0.15) is 4.31 Å². The third-order valence-electron chi connectivity index (χ3n) is 5.38. The summed E-state index contributed by atoms with van der Waals surface area (Å²) in [7, 11) is 0.328. The first-order chi connectivity index (χ1) is 15.8. The van der Waals surface area contributed by atoms with E-state index in [2.05, 4.69) is 4.98 Å². The standard InChI is InChI=1S/C24H32N4O3S2.ClH/c1-5-7-16-27(6-2)33(30,31)20-14-12-19(13-15-20)23(29)28(18-17-26(3)4)24-25-21-10-8-9-11-22(21)32-24;/h8-15H,5-7,16-18H2,1-4H3;1H. The first-order valence-corrected chi connectivity index (χ1v) is 13.5. The minimum absolute atomic E-state index is 0. The predicted molar refractivity (Wildman–Crippen MR) is 143 cm³/mol. The van der Waals surface area contributed by atoms with Crippen LogP contribution in [0.2, 0.25) is 0 Å². The fourth-order valence-electron chi connectivity index (χ4n) is 3.42.